The fourth-order valence-corrected chi connectivity index (χ4v) is 1.54. The molecule has 96 valence electrons. The maximum absolute atomic E-state index is 11.6. The zero-order chi connectivity index (χ0) is 12.6. The van der Waals surface area contributed by atoms with Crippen molar-refractivity contribution in [1.82, 2.24) is 5.32 Å². The third-order valence-electron chi connectivity index (χ3n) is 2.59. The topological polar surface area (TPSA) is 64.3 Å². The molecule has 0 bridgehead atoms. The van der Waals surface area contributed by atoms with Crippen LogP contribution in [0.2, 0.25) is 0 Å². The highest BCUT2D eigenvalue weighted by Gasteiger charge is 2.12. The molecule has 0 aliphatic carbocycles. The summed E-state index contributed by atoms with van der Waals surface area (Å²) in [5.41, 5.74) is 5.61. The molecule has 2 unspecified atom stereocenters. The zero-order valence-electron chi connectivity index (χ0n) is 11.0. The van der Waals surface area contributed by atoms with Crippen LogP contribution in [0.4, 0.5) is 0 Å². The van der Waals surface area contributed by atoms with E-state index in [1.54, 1.807) is 7.11 Å². The van der Waals surface area contributed by atoms with Gasteiger partial charge in [-0.15, -0.1) is 0 Å². The van der Waals surface area contributed by atoms with Gasteiger partial charge in [0.1, 0.15) is 0 Å². The predicted molar refractivity (Wildman–Crippen MR) is 66.1 cm³/mol. The lowest BCUT2D eigenvalue weighted by Crippen LogP contribution is -2.41. The first kappa shape index (κ1) is 15.4. The van der Waals surface area contributed by atoms with Gasteiger partial charge in [-0.1, -0.05) is 13.8 Å². The van der Waals surface area contributed by atoms with Crippen molar-refractivity contribution < 1.29 is 9.53 Å². The highest BCUT2D eigenvalue weighted by Crippen LogP contribution is 2.05. The summed E-state index contributed by atoms with van der Waals surface area (Å²) >= 11 is 0. The van der Waals surface area contributed by atoms with Crippen molar-refractivity contribution in [2.45, 2.75) is 52.2 Å². The third-order valence-corrected chi connectivity index (χ3v) is 2.59. The molecule has 3 N–H and O–H groups in total. The van der Waals surface area contributed by atoms with Crippen molar-refractivity contribution in [2.75, 3.05) is 13.7 Å². The maximum Gasteiger partial charge on any atom is 0.220 e. The maximum atomic E-state index is 11.6. The number of hydrogen-bond donors (Lipinski definition) is 2. The molecular weight excluding hydrogens is 204 g/mol. The van der Waals surface area contributed by atoms with Crippen LogP contribution in [0.25, 0.3) is 0 Å². The number of amides is 1. The molecule has 4 heteroatoms. The van der Waals surface area contributed by atoms with Gasteiger partial charge < -0.3 is 15.8 Å². The monoisotopic (exact) mass is 230 g/mol. The van der Waals surface area contributed by atoms with Gasteiger partial charge in [0, 0.05) is 26.1 Å². The van der Waals surface area contributed by atoms with Gasteiger partial charge in [-0.2, -0.15) is 0 Å². The summed E-state index contributed by atoms with van der Waals surface area (Å²) in [6.45, 7) is 6.72. The fourth-order valence-electron chi connectivity index (χ4n) is 1.54. The molecular formula is C12H26N2O2. The van der Waals surface area contributed by atoms with Crippen molar-refractivity contribution >= 4 is 5.91 Å². The minimum absolute atomic E-state index is 0.0694. The van der Waals surface area contributed by atoms with E-state index < -0.39 is 0 Å². The van der Waals surface area contributed by atoms with Crippen LogP contribution in [0.5, 0.6) is 0 Å². The smallest absolute Gasteiger partial charge is 0.220 e. The van der Waals surface area contributed by atoms with Gasteiger partial charge in [0.15, 0.2) is 0 Å². The zero-order valence-corrected chi connectivity index (χ0v) is 11.0. The van der Waals surface area contributed by atoms with E-state index in [0.29, 0.717) is 18.9 Å². The van der Waals surface area contributed by atoms with Crippen molar-refractivity contribution in [3.63, 3.8) is 0 Å². The van der Waals surface area contributed by atoms with Crippen molar-refractivity contribution in [3.8, 4) is 0 Å². The Kier molecular flexibility index (Phi) is 8.21. The van der Waals surface area contributed by atoms with Gasteiger partial charge in [-0.05, 0) is 25.7 Å². The van der Waals surface area contributed by atoms with Gasteiger partial charge in [0.25, 0.3) is 0 Å². The Bertz CT molecular complexity index is 195. The minimum Gasteiger partial charge on any atom is -0.382 e. The van der Waals surface area contributed by atoms with Crippen molar-refractivity contribution in [3.05, 3.63) is 0 Å². The number of carbonyl (C=O) groups is 1. The van der Waals surface area contributed by atoms with Crippen LogP contribution in [-0.2, 0) is 9.53 Å². The number of hydrogen-bond acceptors (Lipinski definition) is 3. The average Bonchev–Trinajstić information content (AvgIpc) is 2.24. The van der Waals surface area contributed by atoms with E-state index in [0.717, 1.165) is 12.8 Å². The number of nitrogens with two attached hydrogens (primary N) is 1. The summed E-state index contributed by atoms with van der Waals surface area (Å²) in [4.78, 5) is 11.6. The Hall–Kier alpha value is -0.610. The molecule has 0 aromatic carbocycles. The van der Waals surface area contributed by atoms with E-state index in [1.807, 2.05) is 6.92 Å². The first-order valence-electron chi connectivity index (χ1n) is 6.01. The summed E-state index contributed by atoms with van der Waals surface area (Å²) in [5, 5.41) is 2.96. The first-order chi connectivity index (χ1) is 7.49. The molecule has 4 nitrogen and oxygen atoms in total. The Morgan fingerprint density at radius 3 is 2.44 bits per heavy atom. The number of methoxy groups -OCH3 is 1. The number of carbonyl (C=O) groups excluding carboxylic acids is 1. The second-order valence-electron chi connectivity index (χ2n) is 4.71. The first-order valence-corrected chi connectivity index (χ1v) is 6.01. The van der Waals surface area contributed by atoms with Crippen molar-refractivity contribution in [2.24, 2.45) is 11.7 Å². The van der Waals surface area contributed by atoms with Gasteiger partial charge in [-0.25, -0.2) is 0 Å². The quantitative estimate of drug-likeness (QED) is 0.660. The second-order valence-corrected chi connectivity index (χ2v) is 4.71. The lowest BCUT2D eigenvalue weighted by molar-refractivity contribution is -0.122. The highest BCUT2D eigenvalue weighted by atomic mass is 16.5. The van der Waals surface area contributed by atoms with Crippen LogP contribution in [0.15, 0.2) is 0 Å². The van der Waals surface area contributed by atoms with E-state index in [4.69, 9.17) is 10.5 Å². The average molecular weight is 230 g/mol. The van der Waals surface area contributed by atoms with E-state index >= 15 is 0 Å². The molecule has 0 spiro atoms. The number of rotatable bonds is 8. The molecule has 0 saturated heterocycles. The molecule has 2 atom stereocenters. The van der Waals surface area contributed by atoms with Crippen LogP contribution in [0.1, 0.15) is 40.0 Å². The van der Waals surface area contributed by atoms with Gasteiger partial charge in [0.05, 0.1) is 6.10 Å². The normalized spacial score (nSPS) is 14.9. The summed E-state index contributed by atoms with van der Waals surface area (Å²) in [5.74, 6) is 0.617. The van der Waals surface area contributed by atoms with Crippen LogP contribution in [-0.4, -0.2) is 31.7 Å². The lowest BCUT2D eigenvalue weighted by atomic mass is 10.0. The molecule has 16 heavy (non-hydrogen) atoms. The van der Waals surface area contributed by atoms with Gasteiger partial charge in [0.2, 0.25) is 5.91 Å². The fraction of sp³-hybridized carbons (Fsp3) is 0.917. The van der Waals surface area contributed by atoms with Crippen LogP contribution in [0.3, 0.4) is 0 Å². The Labute approximate surface area is 98.9 Å². The molecule has 0 aliphatic heterocycles. The van der Waals surface area contributed by atoms with Crippen LogP contribution >= 0.6 is 0 Å². The molecule has 0 fully saturated rings. The summed E-state index contributed by atoms with van der Waals surface area (Å²) in [6, 6.07) is 0.102. The van der Waals surface area contributed by atoms with E-state index in [1.165, 1.54) is 0 Å². The third kappa shape index (κ3) is 7.65. The second kappa shape index (κ2) is 8.53. The molecule has 0 heterocycles. The van der Waals surface area contributed by atoms with Crippen LogP contribution in [0, 0.1) is 5.92 Å². The molecule has 0 saturated carbocycles. The standard InChI is InChI=1S/C12H26N2O2/c1-9(2)7-11(8-13)14-12(15)6-5-10(3)16-4/h9-11H,5-8,13H2,1-4H3,(H,14,15). The van der Waals surface area contributed by atoms with Crippen molar-refractivity contribution in [1.29, 1.82) is 0 Å². The van der Waals surface area contributed by atoms with E-state index in [2.05, 4.69) is 19.2 Å². The predicted octanol–water partition coefficient (Wildman–Crippen LogP) is 1.29. The summed E-state index contributed by atoms with van der Waals surface area (Å²) in [7, 11) is 1.66. The SMILES string of the molecule is COC(C)CCC(=O)NC(CN)CC(C)C. The molecule has 1 amide bonds. The molecule has 0 aromatic heterocycles. The molecule has 0 aliphatic rings. The van der Waals surface area contributed by atoms with Crippen LogP contribution < -0.4 is 11.1 Å². The highest BCUT2D eigenvalue weighted by molar-refractivity contribution is 5.76. The molecule has 0 aromatic rings. The van der Waals surface area contributed by atoms with E-state index in [9.17, 15) is 4.79 Å². The molecule has 0 rings (SSSR count). The Balaban J connectivity index is 3.82. The Morgan fingerprint density at radius 1 is 1.38 bits per heavy atom. The minimum atomic E-state index is 0.0694. The van der Waals surface area contributed by atoms with E-state index in [-0.39, 0.29) is 18.1 Å². The number of nitrogens with one attached hydrogen (secondary N) is 1. The summed E-state index contributed by atoms with van der Waals surface area (Å²) < 4.78 is 5.09. The summed E-state index contributed by atoms with van der Waals surface area (Å²) in [6.07, 6.45) is 2.32. The van der Waals surface area contributed by atoms with Gasteiger partial charge >= 0.3 is 0 Å². The Morgan fingerprint density at radius 2 is 2.00 bits per heavy atom. The lowest BCUT2D eigenvalue weighted by Gasteiger charge is -2.19. The largest absolute Gasteiger partial charge is 0.382 e. The molecule has 0 radical (unpaired) electrons. The number of ether oxygens (including phenoxy) is 1. The van der Waals surface area contributed by atoms with Gasteiger partial charge in [-0.3, -0.25) is 4.79 Å².